The number of Topliss-reactive ketones (excluding diaryl/α,β-unsaturated/α-hetero) is 1. The molecule has 0 fully saturated rings. The van der Waals surface area contributed by atoms with Crippen LogP contribution in [-0.4, -0.2) is 16.2 Å². The van der Waals surface area contributed by atoms with E-state index in [0.717, 1.165) is 43.2 Å². The highest BCUT2D eigenvalue weighted by atomic mass is 35.5. The van der Waals surface area contributed by atoms with E-state index < -0.39 is 0 Å². The number of carbonyl (C=O) groups is 1. The van der Waals surface area contributed by atoms with Crippen molar-refractivity contribution in [1.29, 1.82) is 0 Å². The summed E-state index contributed by atoms with van der Waals surface area (Å²) in [5.74, 6) is 1.07. The number of para-hydroxylation sites is 1. The van der Waals surface area contributed by atoms with Gasteiger partial charge < -0.3 is 4.57 Å². The van der Waals surface area contributed by atoms with Gasteiger partial charge in [-0.3, -0.25) is 4.79 Å². The lowest BCUT2D eigenvalue weighted by Crippen LogP contribution is -2.23. The number of ketones is 1. The summed E-state index contributed by atoms with van der Waals surface area (Å²) in [7, 11) is 0. The zero-order valence-corrected chi connectivity index (χ0v) is 15.0. The molecule has 2 nitrogen and oxygen atoms in total. The normalized spacial score (nSPS) is 17.0. The van der Waals surface area contributed by atoms with E-state index in [-0.39, 0.29) is 5.92 Å². The van der Waals surface area contributed by atoms with Crippen LogP contribution in [0.3, 0.4) is 0 Å². The highest BCUT2D eigenvalue weighted by Crippen LogP contribution is 2.36. The van der Waals surface area contributed by atoms with Gasteiger partial charge in [-0.1, -0.05) is 48.5 Å². The van der Waals surface area contributed by atoms with Crippen molar-refractivity contribution in [1.82, 2.24) is 4.57 Å². The molecule has 1 aliphatic carbocycles. The van der Waals surface area contributed by atoms with E-state index in [0.29, 0.717) is 11.7 Å². The minimum atomic E-state index is 0.127. The molecule has 0 aliphatic heterocycles. The number of carbonyl (C=O) groups excluding carboxylic acids is 1. The molecule has 25 heavy (non-hydrogen) atoms. The van der Waals surface area contributed by atoms with Gasteiger partial charge in [-0.2, -0.15) is 0 Å². The molecule has 1 heterocycles. The maximum absolute atomic E-state index is 13.1. The van der Waals surface area contributed by atoms with Crippen molar-refractivity contribution in [2.45, 2.75) is 32.2 Å². The number of nitrogens with zero attached hydrogens (tertiary/aromatic N) is 1. The molecule has 1 aromatic heterocycles. The Morgan fingerprint density at radius 1 is 1.04 bits per heavy atom. The predicted octanol–water partition coefficient (Wildman–Crippen LogP) is 5.45. The van der Waals surface area contributed by atoms with Gasteiger partial charge in [0.25, 0.3) is 0 Å². The number of aromatic nitrogens is 1. The molecule has 2 aromatic carbocycles. The number of hydrogen-bond acceptors (Lipinski definition) is 1. The standard InChI is InChI=1S/C22H22ClNO/c23-14-6-9-17-12-13-20-21(22(17)25)18-10-4-5-11-19(18)24(20)15-16-7-2-1-3-8-16/h1-5,7-8,10-11,17H,6,9,12-15H2. The van der Waals surface area contributed by atoms with Crippen molar-refractivity contribution in [3.63, 3.8) is 0 Å². The Balaban J connectivity index is 1.80. The summed E-state index contributed by atoms with van der Waals surface area (Å²) < 4.78 is 2.34. The molecule has 3 heteroatoms. The van der Waals surface area contributed by atoms with Gasteiger partial charge in [-0.25, -0.2) is 0 Å². The lowest BCUT2D eigenvalue weighted by Gasteiger charge is -2.22. The Kier molecular flexibility index (Phi) is 4.63. The van der Waals surface area contributed by atoms with E-state index in [4.69, 9.17) is 11.6 Å². The number of halogens is 1. The maximum atomic E-state index is 13.1. The van der Waals surface area contributed by atoms with Crippen molar-refractivity contribution in [2.75, 3.05) is 5.88 Å². The van der Waals surface area contributed by atoms with Gasteiger partial charge in [-0.15, -0.1) is 11.6 Å². The Labute approximate surface area is 153 Å². The van der Waals surface area contributed by atoms with E-state index in [1.54, 1.807) is 0 Å². The summed E-state index contributed by atoms with van der Waals surface area (Å²) >= 11 is 5.84. The first-order chi connectivity index (χ1) is 12.3. The van der Waals surface area contributed by atoms with Crippen molar-refractivity contribution in [3.05, 3.63) is 71.4 Å². The van der Waals surface area contributed by atoms with Gasteiger partial charge in [0.1, 0.15) is 0 Å². The molecule has 4 rings (SSSR count). The minimum Gasteiger partial charge on any atom is -0.339 e. The van der Waals surface area contributed by atoms with Crippen LogP contribution >= 0.6 is 11.6 Å². The van der Waals surface area contributed by atoms with Crippen molar-refractivity contribution in [2.24, 2.45) is 5.92 Å². The summed E-state index contributed by atoms with van der Waals surface area (Å²) in [6.45, 7) is 0.816. The summed E-state index contributed by atoms with van der Waals surface area (Å²) in [6.07, 6.45) is 3.72. The molecule has 1 aliphatic rings. The lowest BCUT2D eigenvalue weighted by molar-refractivity contribution is 0.0895. The molecular formula is C22H22ClNO. The van der Waals surface area contributed by atoms with E-state index in [1.165, 1.54) is 16.8 Å². The van der Waals surface area contributed by atoms with Crippen LogP contribution in [0.4, 0.5) is 0 Å². The Bertz CT molecular complexity index is 897. The molecule has 0 spiro atoms. The lowest BCUT2D eigenvalue weighted by atomic mass is 9.82. The molecule has 1 atom stereocenters. The van der Waals surface area contributed by atoms with Crippen molar-refractivity contribution < 1.29 is 4.79 Å². The summed E-state index contributed by atoms with van der Waals surface area (Å²) in [5, 5.41) is 1.11. The fraction of sp³-hybridized carbons (Fsp3) is 0.318. The van der Waals surface area contributed by atoms with E-state index in [1.807, 2.05) is 12.1 Å². The van der Waals surface area contributed by atoms with Gasteiger partial charge in [0, 0.05) is 40.5 Å². The third-order valence-corrected chi connectivity index (χ3v) is 5.56. The summed E-state index contributed by atoms with van der Waals surface area (Å²) in [6, 6.07) is 18.8. The second kappa shape index (κ2) is 7.05. The fourth-order valence-corrected chi connectivity index (χ4v) is 4.24. The van der Waals surface area contributed by atoms with Crippen LogP contribution in [0.25, 0.3) is 10.9 Å². The Morgan fingerprint density at radius 3 is 2.60 bits per heavy atom. The van der Waals surface area contributed by atoms with E-state index >= 15 is 0 Å². The molecule has 0 amide bonds. The molecule has 128 valence electrons. The van der Waals surface area contributed by atoms with Gasteiger partial charge in [0.2, 0.25) is 0 Å². The molecule has 0 bridgehead atoms. The topological polar surface area (TPSA) is 22.0 Å². The molecule has 3 aromatic rings. The first-order valence-corrected chi connectivity index (χ1v) is 9.57. The van der Waals surface area contributed by atoms with Crippen molar-refractivity contribution in [3.8, 4) is 0 Å². The van der Waals surface area contributed by atoms with Crippen LogP contribution < -0.4 is 0 Å². The first-order valence-electron chi connectivity index (χ1n) is 9.04. The molecular weight excluding hydrogens is 330 g/mol. The van der Waals surface area contributed by atoms with Crippen LogP contribution in [0.15, 0.2) is 54.6 Å². The maximum Gasteiger partial charge on any atom is 0.168 e. The van der Waals surface area contributed by atoms with Crippen LogP contribution in [0.2, 0.25) is 0 Å². The highest BCUT2D eigenvalue weighted by Gasteiger charge is 2.32. The van der Waals surface area contributed by atoms with Gasteiger partial charge in [0.05, 0.1) is 0 Å². The zero-order chi connectivity index (χ0) is 17.2. The van der Waals surface area contributed by atoms with Crippen LogP contribution in [-0.2, 0) is 13.0 Å². The average molecular weight is 352 g/mol. The third kappa shape index (κ3) is 3.00. The van der Waals surface area contributed by atoms with Gasteiger partial charge in [-0.05, 0) is 37.3 Å². The number of rotatable bonds is 5. The monoisotopic (exact) mass is 351 g/mol. The smallest absolute Gasteiger partial charge is 0.168 e. The highest BCUT2D eigenvalue weighted by molar-refractivity contribution is 6.17. The van der Waals surface area contributed by atoms with Gasteiger partial charge >= 0.3 is 0 Å². The number of hydrogen-bond donors (Lipinski definition) is 0. The molecule has 1 unspecified atom stereocenters. The fourth-order valence-electron chi connectivity index (χ4n) is 4.08. The predicted molar refractivity (Wildman–Crippen MR) is 104 cm³/mol. The summed E-state index contributed by atoms with van der Waals surface area (Å²) in [4.78, 5) is 13.1. The molecule has 0 N–H and O–H groups in total. The van der Waals surface area contributed by atoms with Crippen LogP contribution in [0.1, 0.15) is 40.9 Å². The third-order valence-electron chi connectivity index (χ3n) is 5.30. The van der Waals surface area contributed by atoms with Gasteiger partial charge in [0.15, 0.2) is 5.78 Å². The van der Waals surface area contributed by atoms with E-state index in [9.17, 15) is 4.79 Å². The number of fused-ring (bicyclic) bond motifs is 3. The molecule has 0 radical (unpaired) electrons. The minimum absolute atomic E-state index is 0.127. The van der Waals surface area contributed by atoms with Crippen LogP contribution in [0, 0.1) is 5.92 Å². The second-order valence-corrected chi connectivity index (χ2v) is 7.22. The largest absolute Gasteiger partial charge is 0.339 e. The SMILES string of the molecule is O=C1c2c(n(Cc3ccccc3)c3ccccc23)CCC1CCCCl. The zero-order valence-electron chi connectivity index (χ0n) is 14.2. The summed E-state index contributed by atoms with van der Waals surface area (Å²) in [5.41, 5.74) is 4.60. The number of alkyl halides is 1. The molecule has 0 saturated heterocycles. The second-order valence-electron chi connectivity index (χ2n) is 6.84. The first kappa shape index (κ1) is 16.4. The van der Waals surface area contributed by atoms with Crippen LogP contribution in [0.5, 0.6) is 0 Å². The van der Waals surface area contributed by atoms with Crippen molar-refractivity contribution >= 4 is 28.3 Å². The average Bonchev–Trinajstić information content (AvgIpc) is 2.97. The number of benzene rings is 2. The Hall–Kier alpha value is -2.06. The van der Waals surface area contributed by atoms with E-state index in [2.05, 4.69) is 47.0 Å². The molecule has 0 saturated carbocycles. The quantitative estimate of drug-likeness (QED) is 0.560. The Morgan fingerprint density at radius 2 is 1.80 bits per heavy atom.